The number of ether oxygens (including phenoxy) is 2. The SMILES string of the molecule is CCOC(=O)c1ccc(NC(=O)N2CCC(CNC[C@H](O)COc3cccc4[nH]c5ccccc5c34)CC2)cc1. The number of fused-ring (bicyclic) bond motifs is 3. The Bertz CT molecular complexity index is 1440. The summed E-state index contributed by atoms with van der Waals surface area (Å²) in [6.07, 6.45) is 1.14. The Morgan fingerprint density at radius 3 is 2.55 bits per heavy atom. The largest absolute Gasteiger partial charge is 0.490 e. The number of hydrogen-bond donors (Lipinski definition) is 4. The summed E-state index contributed by atoms with van der Waals surface area (Å²) in [5.41, 5.74) is 3.16. The molecule has 9 heteroatoms. The lowest BCUT2D eigenvalue weighted by molar-refractivity contribution is 0.0526. The summed E-state index contributed by atoms with van der Waals surface area (Å²) in [5.74, 6) is 0.815. The van der Waals surface area contributed by atoms with E-state index in [-0.39, 0.29) is 18.6 Å². The van der Waals surface area contributed by atoms with Crippen molar-refractivity contribution in [3.05, 3.63) is 72.3 Å². The van der Waals surface area contributed by atoms with Crippen molar-refractivity contribution in [1.82, 2.24) is 15.2 Å². The van der Waals surface area contributed by atoms with Crippen LogP contribution in [-0.2, 0) is 4.74 Å². The summed E-state index contributed by atoms with van der Waals surface area (Å²) in [7, 11) is 0. The molecule has 4 aromatic rings. The van der Waals surface area contributed by atoms with Gasteiger partial charge in [0.15, 0.2) is 0 Å². The van der Waals surface area contributed by atoms with Crippen LogP contribution in [0.25, 0.3) is 21.8 Å². The van der Waals surface area contributed by atoms with Crippen molar-refractivity contribution >= 4 is 39.5 Å². The fourth-order valence-electron chi connectivity index (χ4n) is 5.13. The number of urea groups is 1. The average molecular weight is 545 g/mol. The van der Waals surface area contributed by atoms with E-state index in [4.69, 9.17) is 9.47 Å². The Kier molecular flexibility index (Phi) is 8.83. The van der Waals surface area contributed by atoms with Crippen LogP contribution in [-0.4, -0.2) is 72.5 Å². The molecule has 1 aliphatic rings. The Hall–Kier alpha value is -4.08. The quantitative estimate of drug-likeness (QED) is 0.214. The van der Waals surface area contributed by atoms with Crippen LogP contribution in [0.2, 0.25) is 0 Å². The first kappa shape index (κ1) is 27.5. The number of hydrogen-bond acceptors (Lipinski definition) is 6. The highest BCUT2D eigenvalue weighted by molar-refractivity contribution is 6.10. The number of likely N-dealkylation sites (tertiary alicyclic amines) is 1. The van der Waals surface area contributed by atoms with Crippen LogP contribution in [0, 0.1) is 5.92 Å². The molecule has 40 heavy (non-hydrogen) atoms. The highest BCUT2D eigenvalue weighted by Crippen LogP contribution is 2.33. The minimum Gasteiger partial charge on any atom is -0.490 e. The lowest BCUT2D eigenvalue weighted by Crippen LogP contribution is -2.43. The molecule has 0 bridgehead atoms. The van der Waals surface area contributed by atoms with Crippen LogP contribution in [0.5, 0.6) is 5.75 Å². The molecule has 0 spiro atoms. The standard InChI is InChI=1S/C31H36N4O5/c1-2-39-30(37)22-10-12-23(13-11-22)33-31(38)35-16-14-21(15-17-35)18-32-19-24(36)20-40-28-9-5-8-27-29(28)25-6-3-4-7-26(25)34-27/h3-13,21,24,32,34,36H,2,14-20H2,1H3,(H,33,38)/t24-/m0/s1. The van der Waals surface area contributed by atoms with E-state index >= 15 is 0 Å². The number of carbonyl (C=O) groups excluding carboxylic acids is 2. The van der Waals surface area contributed by atoms with Crippen molar-refractivity contribution in [2.75, 3.05) is 44.7 Å². The summed E-state index contributed by atoms with van der Waals surface area (Å²) < 4.78 is 11.0. The first-order valence-electron chi connectivity index (χ1n) is 13.9. The molecule has 0 unspecified atom stereocenters. The van der Waals surface area contributed by atoms with E-state index in [0.717, 1.165) is 46.9 Å². The number of para-hydroxylation sites is 1. The molecule has 1 atom stereocenters. The molecule has 1 fully saturated rings. The van der Waals surface area contributed by atoms with E-state index in [1.807, 2.05) is 41.3 Å². The van der Waals surface area contributed by atoms with Gasteiger partial charge in [0.05, 0.1) is 17.7 Å². The highest BCUT2D eigenvalue weighted by Gasteiger charge is 2.23. The minimum atomic E-state index is -0.637. The molecule has 1 aromatic heterocycles. The van der Waals surface area contributed by atoms with Gasteiger partial charge in [0.25, 0.3) is 0 Å². The number of nitrogens with one attached hydrogen (secondary N) is 3. The molecule has 1 aliphatic heterocycles. The number of piperidine rings is 1. The number of rotatable bonds is 10. The van der Waals surface area contributed by atoms with Crippen LogP contribution >= 0.6 is 0 Å². The van der Waals surface area contributed by atoms with Gasteiger partial charge in [-0.25, -0.2) is 9.59 Å². The summed E-state index contributed by atoms with van der Waals surface area (Å²) in [5, 5.41) is 18.9. The van der Waals surface area contributed by atoms with Crippen LogP contribution in [0.4, 0.5) is 10.5 Å². The Labute approximate surface area is 233 Å². The van der Waals surface area contributed by atoms with E-state index in [1.165, 1.54) is 0 Å². The number of carbonyl (C=O) groups is 2. The van der Waals surface area contributed by atoms with Gasteiger partial charge in [0.2, 0.25) is 0 Å². The monoisotopic (exact) mass is 544 g/mol. The number of amides is 2. The van der Waals surface area contributed by atoms with Crippen molar-refractivity contribution in [3.63, 3.8) is 0 Å². The van der Waals surface area contributed by atoms with E-state index in [9.17, 15) is 14.7 Å². The molecule has 3 aromatic carbocycles. The molecule has 2 heterocycles. The van der Waals surface area contributed by atoms with E-state index in [1.54, 1.807) is 31.2 Å². The molecular weight excluding hydrogens is 508 g/mol. The lowest BCUT2D eigenvalue weighted by atomic mass is 9.97. The summed E-state index contributed by atoms with van der Waals surface area (Å²) >= 11 is 0. The van der Waals surface area contributed by atoms with Gasteiger partial charge in [0.1, 0.15) is 18.5 Å². The van der Waals surface area contributed by atoms with Crippen molar-refractivity contribution in [2.45, 2.75) is 25.9 Å². The summed E-state index contributed by atoms with van der Waals surface area (Å²) in [4.78, 5) is 29.7. The molecule has 5 rings (SSSR count). The third kappa shape index (κ3) is 6.55. The molecule has 0 radical (unpaired) electrons. The third-order valence-electron chi connectivity index (χ3n) is 7.29. The van der Waals surface area contributed by atoms with Crippen LogP contribution < -0.4 is 15.4 Å². The number of benzene rings is 3. The maximum atomic E-state index is 12.7. The molecular formula is C31H36N4O5. The zero-order chi connectivity index (χ0) is 27.9. The number of nitrogens with zero attached hydrogens (tertiary/aromatic N) is 1. The second-order valence-corrected chi connectivity index (χ2v) is 10.1. The summed E-state index contributed by atoms with van der Waals surface area (Å²) in [6.45, 7) is 4.83. The predicted molar refractivity (Wildman–Crippen MR) is 156 cm³/mol. The molecule has 9 nitrogen and oxygen atoms in total. The fourth-order valence-corrected chi connectivity index (χ4v) is 5.13. The van der Waals surface area contributed by atoms with E-state index in [2.05, 4.69) is 21.7 Å². The molecule has 0 aliphatic carbocycles. The van der Waals surface area contributed by atoms with Gasteiger partial charge in [-0.2, -0.15) is 0 Å². The van der Waals surface area contributed by atoms with Crippen molar-refractivity contribution in [3.8, 4) is 5.75 Å². The van der Waals surface area contributed by atoms with Gasteiger partial charge in [-0.05, 0) is 74.7 Å². The topological polar surface area (TPSA) is 116 Å². The summed E-state index contributed by atoms with van der Waals surface area (Å²) in [6, 6.07) is 20.6. The number of aromatic nitrogens is 1. The van der Waals surface area contributed by atoms with Gasteiger partial charge < -0.3 is 35.1 Å². The number of aliphatic hydroxyl groups is 1. The predicted octanol–water partition coefficient (Wildman–Crippen LogP) is 4.77. The average Bonchev–Trinajstić information content (AvgIpc) is 3.36. The van der Waals surface area contributed by atoms with Crippen LogP contribution in [0.3, 0.4) is 0 Å². The smallest absolute Gasteiger partial charge is 0.338 e. The lowest BCUT2D eigenvalue weighted by Gasteiger charge is -2.32. The van der Waals surface area contributed by atoms with E-state index < -0.39 is 6.10 Å². The van der Waals surface area contributed by atoms with E-state index in [0.29, 0.717) is 43.4 Å². The zero-order valence-corrected chi connectivity index (χ0v) is 22.7. The van der Waals surface area contributed by atoms with Gasteiger partial charge in [0, 0.05) is 41.6 Å². The third-order valence-corrected chi connectivity index (χ3v) is 7.29. The number of esters is 1. The first-order chi connectivity index (χ1) is 19.5. The molecule has 4 N–H and O–H groups in total. The minimum absolute atomic E-state index is 0.145. The number of aromatic amines is 1. The van der Waals surface area contributed by atoms with Gasteiger partial charge in [-0.3, -0.25) is 0 Å². The van der Waals surface area contributed by atoms with Gasteiger partial charge >= 0.3 is 12.0 Å². The molecule has 210 valence electrons. The Morgan fingerprint density at radius 2 is 1.77 bits per heavy atom. The van der Waals surface area contributed by atoms with Gasteiger partial charge in [-0.1, -0.05) is 24.3 Å². The molecule has 2 amide bonds. The second-order valence-electron chi connectivity index (χ2n) is 10.1. The van der Waals surface area contributed by atoms with Crippen molar-refractivity contribution in [1.29, 1.82) is 0 Å². The second kappa shape index (κ2) is 12.8. The maximum Gasteiger partial charge on any atom is 0.338 e. The molecule has 0 saturated carbocycles. The maximum absolute atomic E-state index is 12.7. The highest BCUT2D eigenvalue weighted by atomic mass is 16.5. The van der Waals surface area contributed by atoms with Gasteiger partial charge in [-0.15, -0.1) is 0 Å². The normalized spacial score (nSPS) is 14.8. The van der Waals surface area contributed by atoms with Crippen molar-refractivity contribution < 1.29 is 24.2 Å². The van der Waals surface area contributed by atoms with Crippen LogP contribution in [0.1, 0.15) is 30.1 Å². The first-order valence-corrected chi connectivity index (χ1v) is 13.9. The zero-order valence-electron chi connectivity index (χ0n) is 22.7. The number of aliphatic hydroxyl groups excluding tert-OH is 1. The van der Waals surface area contributed by atoms with Crippen molar-refractivity contribution in [2.24, 2.45) is 5.92 Å². The number of anilines is 1. The molecule has 1 saturated heterocycles. The Morgan fingerprint density at radius 1 is 1.02 bits per heavy atom. The van der Waals surface area contributed by atoms with Crippen LogP contribution in [0.15, 0.2) is 66.7 Å². The fraction of sp³-hybridized carbons (Fsp3) is 0.355. The Balaban J connectivity index is 1.02. The number of H-pyrrole nitrogens is 1.